The molecule has 2 aromatic rings. The van der Waals surface area contributed by atoms with Crippen LogP contribution in [0.2, 0.25) is 0 Å². The molecular formula is C22H28N4O2. The van der Waals surface area contributed by atoms with Crippen molar-refractivity contribution in [3.8, 4) is 5.88 Å². The highest BCUT2D eigenvalue weighted by Crippen LogP contribution is 2.28. The van der Waals surface area contributed by atoms with Crippen molar-refractivity contribution in [2.24, 2.45) is 5.92 Å². The van der Waals surface area contributed by atoms with Crippen LogP contribution >= 0.6 is 0 Å². The summed E-state index contributed by atoms with van der Waals surface area (Å²) >= 11 is 0. The SMILES string of the molecule is Cc1ncnc(OCC2CCN(CC(=O)N3CCc4ccccc43)CC2)c1C. The summed E-state index contributed by atoms with van der Waals surface area (Å²) in [5.74, 6) is 1.41. The van der Waals surface area contributed by atoms with Gasteiger partial charge in [-0.05, 0) is 63.7 Å². The summed E-state index contributed by atoms with van der Waals surface area (Å²) in [4.78, 5) is 25.4. The number of para-hydroxylation sites is 1. The van der Waals surface area contributed by atoms with E-state index < -0.39 is 0 Å². The van der Waals surface area contributed by atoms with Crippen molar-refractivity contribution in [2.45, 2.75) is 33.1 Å². The summed E-state index contributed by atoms with van der Waals surface area (Å²) in [5, 5.41) is 0. The van der Waals surface area contributed by atoms with E-state index in [0.717, 1.165) is 55.8 Å². The fourth-order valence-electron chi connectivity index (χ4n) is 4.04. The first-order chi connectivity index (χ1) is 13.6. The number of piperidine rings is 1. The van der Waals surface area contributed by atoms with Crippen LogP contribution in [0.1, 0.15) is 29.7 Å². The van der Waals surface area contributed by atoms with Gasteiger partial charge in [-0.15, -0.1) is 0 Å². The molecule has 6 heteroatoms. The Balaban J connectivity index is 1.24. The number of carbonyl (C=O) groups is 1. The number of ether oxygens (including phenoxy) is 1. The topological polar surface area (TPSA) is 58.6 Å². The average molecular weight is 380 g/mol. The largest absolute Gasteiger partial charge is 0.477 e. The van der Waals surface area contributed by atoms with E-state index in [-0.39, 0.29) is 5.91 Å². The fourth-order valence-corrected chi connectivity index (χ4v) is 4.04. The third-order valence-corrected chi connectivity index (χ3v) is 6.00. The van der Waals surface area contributed by atoms with E-state index in [9.17, 15) is 4.79 Å². The van der Waals surface area contributed by atoms with Gasteiger partial charge in [0.2, 0.25) is 11.8 Å². The molecule has 4 rings (SSSR count). The van der Waals surface area contributed by atoms with Crippen molar-refractivity contribution in [2.75, 3.05) is 37.7 Å². The Labute approximate surface area is 166 Å². The molecule has 2 aliphatic rings. The van der Waals surface area contributed by atoms with Gasteiger partial charge in [0.05, 0.1) is 13.2 Å². The second kappa shape index (κ2) is 8.27. The Morgan fingerprint density at radius 1 is 1.14 bits per heavy atom. The zero-order chi connectivity index (χ0) is 19.5. The molecule has 28 heavy (non-hydrogen) atoms. The minimum Gasteiger partial charge on any atom is -0.477 e. The maximum Gasteiger partial charge on any atom is 0.241 e. The van der Waals surface area contributed by atoms with Gasteiger partial charge in [0, 0.05) is 23.5 Å². The van der Waals surface area contributed by atoms with E-state index in [0.29, 0.717) is 24.9 Å². The number of hydrogen-bond donors (Lipinski definition) is 0. The minimum atomic E-state index is 0.215. The highest BCUT2D eigenvalue weighted by molar-refractivity contribution is 5.96. The molecule has 0 saturated carbocycles. The van der Waals surface area contributed by atoms with Crippen LogP contribution in [0, 0.1) is 19.8 Å². The van der Waals surface area contributed by atoms with Crippen LogP contribution in [0.4, 0.5) is 5.69 Å². The number of nitrogens with zero attached hydrogens (tertiary/aromatic N) is 4. The molecule has 1 aromatic carbocycles. The number of benzene rings is 1. The van der Waals surface area contributed by atoms with Gasteiger partial charge in [-0.3, -0.25) is 9.69 Å². The van der Waals surface area contributed by atoms with Crippen LogP contribution in [0.5, 0.6) is 5.88 Å². The molecular weight excluding hydrogens is 352 g/mol. The first kappa shape index (κ1) is 18.9. The van der Waals surface area contributed by atoms with E-state index in [1.807, 2.05) is 30.9 Å². The first-order valence-electron chi connectivity index (χ1n) is 10.1. The Bertz CT molecular complexity index is 846. The molecule has 0 spiro atoms. The van der Waals surface area contributed by atoms with Gasteiger partial charge >= 0.3 is 0 Å². The molecule has 1 saturated heterocycles. The second-order valence-electron chi connectivity index (χ2n) is 7.84. The van der Waals surface area contributed by atoms with Gasteiger partial charge in [0.25, 0.3) is 0 Å². The van der Waals surface area contributed by atoms with E-state index in [4.69, 9.17) is 4.74 Å². The predicted molar refractivity (Wildman–Crippen MR) is 109 cm³/mol. The minimum absolute atomic E-state index is 0.215. The lowest BCUT2D eigenvalue weighted by Crippen LogP contribution is -2.43. The Morgan fingerprint density at radius 3 is 2.75 bits per heavy atom. The van der Waals surface area contributed by atoms with Crippen LogP contribution in [0.3, 0.4) is 0 Å². The molecule has 0 bridgehead atoms. The predicted octanol–water partition coefficient (Wildman–Crippen LogP) is 2.77. The molecule has 0 atom stereocenters. The summed E-state index contributed by atoms with van der Waals surface area (Å²) in [6, 6.07) is 8.23. The van der Waals surface area contributed by atoms with Crippen molar-refractivity contribution < 1.29 is 9.53 Å². The number of carbonyl (C=O) groups excluding carboxylic acids is 1. The Morgan fingerprint density at radius 2 is 1.93 bits per heavy atom. The van der Waals surface area contributed by atoms with Gasteiger partial charge in [0.15, 0.2) is 0 Å². The zero-order valence-corrected chi connectivity index (χ0v) is 16.7. The van der Waals surface area contributed by atoms with Crippen molar-refractivity contribution in [1.82, 2.24) is 14.9 Å². The third-order valence-electron chi connectivity index (χ3n) is 6.00. The molecule has 1 fully saturated rings. The molecule has 0 unspecified atom stereocenters. The first-order valence-corrected chi connectivity index (χ1v) is 10.1. The lowest BCUT2D eigenvalue weighted by atomic mass is 9.98. The number of aryl methyl sites for hydroxylation is 1. The van der Waals surface area contributed by atoms with Crippen LogP contribution < -0.4 is 9.64 Å². The van der Waals surface area contributed by atoms with E-state index >= 15 is 0 Å². The summed E-state index contributed by atoms with van der Waals surface area (Å²) in [5.41, 5.74) is 4.34. The molecule has 1 aromatic heterocycles. The molecule has 2 aliphatic heterocycles. The van der Waals surface area contributed by atoms with E-state index in [1.165, 1.54) is 5.56 Å². The zero-order valence-electron chi connectivity index (χ0n) is 16.7. The molecule has 0 aliphatic carbocycles. The van der Waals surface area contributed by atoms with E-state index in [1.54, 1.807) is 6.33 Å². The molecule has 0 N–H and O–H groups in total. The maximum absolute atomic E-state index is 12.8. The summed E-state index contributed by atoms with van der Waals surface area (Å²) in [6.45, 7) is 7.84. The second-order valence-corrected chi connectivity index (χ2v) is 7.84. The van der Waals surface area contributed by atoms with Crippen molar-refractivity contribution in [3.63, 3.8) is 0 Å². The monoisotopic (exact) mass is 380 g/mol. The number of likely N-dealkylation sites (tertiary alicyclic amines) is 1. The van der Waals surface area contributed by atoms with Crippen molar-refractivity contribution in [3.05, 3.63) is 47.4 Å². The number of anilines is 1. The highest BCUT2D eigenvalue weighted by atomic mass is 16.5. The highest BCUT2D eigenvalue weighted by Gasteiger charge is 2.27. The van der Waals surface area contributed by atoms with E-state index in [2.05, 4.69) is 27.0 Å². The van der Waals surface area contributed by atoms with Crippen molar-refractivity contribution in [1.29, 1.82) is 0 Å². The summed E-state index contributed by atoms with van der Waals surface area (Å²) in [6.07, 6.45) is 4.62. The Kier molecular flexibility index (Phi) is 5.57. The number of fused-ring (bicyclic) bond motifs is 1. The number of hydrogen-bond acceptors (Lipinski definition) is 5. The third kappa shape index (κ3) is 4.02. The number of aromatic nitrogens is 2. The summed E-state index contributed by atoms with van der Waals surface area (Å²) < 4.78 is 5.95. The smallest absolute Gasteiger partial charge is 0.241 e. The van der Waals surface area contributed by atoms with Crippen LogP contribution in [-0.4, -0.2) is 53.6 Å². The average Bonchev–Trinajstić information content (AvgIpc) is 3.14. The molecule has 6 nitrogen and oxygen atoms in total. The molecule has 0 radical (unpaired) electrons. The van der Waals surface area contributed by atoms with Gasteiger partial charge in [-0.2, -0.15) is 0 Å². The molecule has 3 heterocycles. The summed E-state index contributed by atoms with van der Waals surface area (Å²) in [7, 11) is 0. The quantitative estimate of drug-likeness (QED) is 0.798. The lowest BCUT2D eigenvalue weighted by molar-refractivity contribution is -0.120. The van der Waals surface area contributed by atoms with Crippen LogP contribution in [0.15, 0.2) is 30.6 Å². The number of rotatable bonds is 5. The lowest BCUT2D eigenvalue weighted by Gasteiger charge is -2.32. The van der Waals surface area contributed by atoms with Gasteiger partial charge in [-0.25, -0.2) is 9.97 Å². The fraction of sp³-hybridized carbons (Fsp3) is 0.500. The van der Waals surface area contributed by atoms with Gasteiger partial charge < -0.3 is 9.64 Å². The van der Waals surface area contributed by atoms with Crippen LogP contribution in [0.25, 0.3) is 0 Å². The standard InChI is InChI=1S/C22H28N4O2/c1-16-17(2)23-15-24-22(16)28-14-18-7-10-25(11-8-18)13-21(27)26-12-9-19-5-3-4-6-20(19)26/h3-6,15,18H,7-14H2,1-2H3. The maximum atomic E-state index is 12.8. The normalized spacial score (nSPS) is 17.6. The van der Waals surface area contributed by atoms with Gasteiger partial charge in [0.1, 0.15) is 6.33 Å². The molecule has 148 valence electrons. The Hall–Kier alpha value is -2.47. The van der Waals surface area contributed by atoms with Gasteiger partial charge in [-0.1, -0.05) is 18.2 Å². The van der Waals surface area contributed by atoms with Crippen LogP contribution in [-0.2, 0) is 11.2 Å². The number of amides is 1. The molecule has 1 amide bonds. The van der Waals surface area contributed by atoms with Crippen molar-refractivity contribution >= 4 is 11.6 Å².